The van der Waals surface area contributed by atoms with Crippen molar-refractivity contribution in [1.82, 2.24) is 0 Å². The van der Waals surface area contributed by atoms with Crippen LogP contribution in [0.15, 0.2) is 18.2 Å². The fourth-order valence-corrected chi connectivity index (χ4v) is 1.85. The molecule has 0 aromatic heterocycles. The Morgan fingerprint density at radius 2 is 2.00 bits per heavy atom. The molecule has 1 rings (SSSR count). The van der Waals surface area contributed by atoms with E-state index in [1.807, 2.05) is 19.1 Å². The lowest BCUT2D eigenvalue weighted by atomic mass is 9.85. The summed E-state index contributed by atoms with van der Waals surface area (Å²) in [5.74, 6) is 0.130. The van der Waals surface area contributed by atoms with E-state index < -0.39 is 5.97 Å². The third-order valence-electron chi connectivity index (χ3n) is 2.78. The summed E-state index contributed by atoms with van der Waals surface area (Å²) in [5, 5.41) is 8.72. The number of aliphatic carboxylic acids is 1. The molecule has 100 valence electrons. The van der Waals surface area contributed by atoms with Gasteiger partial charge < -0.3 is 9.84 Å². The van der Waals surface area contributed by atoms with E-state index >= 15 is 0 Å². The first kappa shape index (κ1) is 14.6. The summed E-state index contributed by atoms with van der Waals surface area (Å²) >= 11 is 0. The smallest absolute Gasteiger partial charge is 0.303 e. The molecular formula is C15H22O3. The highest BCUT2D eigenvalue weighted by Gasteiger charge is 2.19. The van der Waals surface area contributed by atoms with Crippen LogP contribution >= 0.6 is 0 Å². The molecule has 0 saturated carbocycles. The number of benzene rings is 1. The molecule has 0 bridgehead atoms. The zero-order valence-corrected chi connectivity index (χ0v) is 11.6. The van der Waals surface area contributed by atoms with E-state index in [2.05, 4.69) is 26.8 Å². The average molecular weight is 250 g/mol. The number of carbonyl (C=O) groups is 1. The summed E-state index contributed by atoms with van der Waals surface area (Å²) in [7, 11) is 0. The van der Waals surface area contributed by atoms with E-state index in [-0.39, 0.29) is 11.8 Å². The van der Waals surface area contributed by atoms with Gasteiger partial charge in [-0.25, -0.2) is 0 Å². The fraction of sp³-hybridized carbons (Fsp3) is 0.533. The van der Waals surface area contributed by atoms with Gasteiger partial charge in [-0.05, 0) is 36.0 Å². The SMILES string of the molecule is CCOc1ccc(CCC(=O)O)cc1C(C)(C)C. The Balaban J connectivity index is 3.01. The molecule has 0 unspecified atom stereocenters. The molecule has 0 amide bonds. The van der Waals surface area contributed by atoms with Gasteiger partial charge in [-0.2, -0.15) is 0 Å². The van der Waals surface area contributed by atoms with E-state index in [9.17, 15) is 4.79 Å². The summed E-state index contributed by atoms with van der Waals surface area (Å²) in [6.07, 6.45) is 0.725. The zero-order valence-electron chi connectivity index (χ0n) is 11.6. The first-order chi connectivity index (χ1) is 8.34. The van der Waals surface area contributed by atoms with Gasteiger partial charge in [0.1, 0.15) is 5.75 Å². The van der Waals surface area contributed by atoms with Gasteiger partial charge >= 0.3 is 5.97 Å². The Bertz CT molecular complexity index is 416. The van der Waals surface area contributed by atoms with Gasteiger partial charge in [0, 0.05) is 6.42 Å². The quantitative estimate of drug-likeness (QED) is 0.871. The minimum atomic E-state index is -0.763. The van der Waals surface area contributed by atoms with E-state index in [1.54, 1.807) is 0 Å². The maximum Gasteiger partial charge on any atom is 0.303 e. The molecule has 0 saturated heterocycles. The Hall–Kier alpha value is -1.51. The van der Waals surface area contributed by atoms with Crippen molar-refractivity contribution < 1.29 is 14.6 Å². The van der Waals surface area contributed by atoms with Crippen molar-refractivity contribution in [3.05, 3.63) is 29.3 Å². The molecule has 1 aromatic rings. The van der Waals surface area contributed by atoms with Gasteiger partial charge in [0.2, 0.25) is 0 Å². The molecule has 3 nitrogen and oxygen atoms in total. The van der Waals surface area contributed by atoms with Gasteiger partial charge in [-0.15, -0.1) is 0 Å². The third-order valence-corrected chi connectivity index (χ3v) is 2.78. The van der Waals surface area contributed by atoms with E-state index in [4.69, 9.17) is 9.84 Å². The monoisotopic (exact) mass is 250 g/mol. The standard InChI is InChI=1S/C15H22O3/c1-5-18-13-8-6-11(7-9-14(16)17)10-12(13)15(2,3)4/h6,8,10H,5,7,9H2,1-4H3,(H,16,17). The van der Waals surface area contributed by atoms with Crippen LogP contribution in [0.3, 0.4) is 0 Å². The minimum absolute atomic E-state index is 0.0102. The number of hydrogen-bond acceptors (Lipinski definition) is 2. The summed E-state index contributed by atoms with van der Waals surface area (Å²) < 4.78 is 5.63. The third kappa shape index (κ3) is 4.06. The van der Waals surface area contributed by atoms with E-state index in [0.717, 1.165) is 16.9 Å². The minimum Gasteiger partial charge on any atom is -0.494 e. The average Bonchev–Trinajstić information content (AvgIpc) is 2.26. The second-order valence-electron chi connectivity index (χ2n) is 5.41. The van der Waals surface area contributed by atoms with E-state index in [1.165, 1.54) is 0 Å². The lowest BCUT2D eigenvalue weighted by Crippen LogP contribution is -2.14. The number of carboxylic acid groups (broad SMARTS) is 1. The van der Waals surface area contributed by atoms with Crippen molar-refractivity contribution in [3.8, 4) is 5.75 Å². The largest absolute Gasteiger partial charge is 0.494 e. The van der Waals surface area contributed by atoms with Crippen LogP contribution < -0.4 is 4.74 Å². The molecule has 0 aliphatic carbocycles. The number of ether oxygens (including phenoxy) is 1. The molecule has 0 radical (unpaired) electrons. The number of rotatable bonds is 5. The predicted octanol–water partition coefficient (Wildman–Crippen LogP) is 3.40. The Kier molecular flexibility index (Phi) is 4.76. The molecule has 0 aliphatic rings. The molecule has 3 heteroatoms. The van der Waals surface area contributed by atoms with Crippen molar-refractivity contribution in [3.63, 3.8) is 0 Å². The van der Waals surface area contributed by atoms with Crippen LogP contribution in [0.2, 0.25) is 0 Å². The van der Waals surface area contributed by atoms with Crippen molar-refractivity contribution in [1.29, 1.82) is 0 Å². The van der Waals surface area contributed by atoms with E-state index in [0.29, 0.717) is 13.0 Å². The Morgan fingerprint density at radius 1 is 1.33 bits per heavy atom. The number of hydrogen-bond donors (Lipinski definition) is 1. The Labute approximate surface area is 109 Å². The Morgan fingerprint density at radius 3 is 2.50 bits per heavy atom. The van der Waals surface area contributed by atoms with Gasteiger partial charge in [0.15, 0.2) is 0 Å². The lowest BCUT2D eigenvalue weighted by Gasteiger charge is -2.23. The van der Waals surface area contributed by atoms with Crippen molar-refractivity contribution in [2.45, 2.75) is 46.0 Å². The van der Waals surface area contributed by atoms with Gasteiger partial charge in [-0.3, -0.25) is 4.79 Å². The zero-order chi connectivity index (χ0) is 13.8. The van der Waals surface area contributed by atoms with Crippen LogP contribution in [0, 0.1) is 0 Å². The highest BCUT2D eigenvalue weighted by atomic mass is 16.5. The molecule has 0 aliphatic heterocycles. The number of aryl methyl sites for hydroxylation is 1. The van der Waals surface area contributed by atoms with Gasteiger partial charge in [-0.1, -0.05) is 32.9 Å². The van der Waals surface area contributed by atoms with Crippen LogP contribution in [-0.4, -0.2) is 17.7 Å². The summed E-state index contributed by atoms with van der Waals surface area (Å²) in [6, 6.07) is 5.96. The summed E-state index contributed by atoms with van der Waals surface area (Å²) in [6.45, 7) is 8.99. The van der Waals surface area contributed by atoms with Crippen LogP contribution in [0.5, 0.6) is 5.75 Å². The van der Waals surface area contributed by atoms with Crippen LogP contribution in [0.25, 0.3) is 0 Å². The van der Waals surface area contributed by atoms with Gasteiger partial charge in [0.05, 0.1) is 6.61 Å². The predicted molar refractivity (Wildman–Crippen MR) is 72.3 cm³/mol. The number of carboxylic acids is 1. The van der Waals surface area contributed by atoms with Crippen LogP contribution in [0.1, 0.15) is 45.2 Å². The van der Waals surface area contributed by atoms with Crippen LogP contribution in [0.4, 0.5) is 0 Å². The fourth-order valence-electron chi connectivity index (χ4n) is 1.85. The highest BCUT2D eigenvalue weighted by molar-refractivity contribution is 5.67. The first-order valence-electron chi connectivity index (χ1n) is 6.32. The van der Waals surface area contributed by atoms with Crippen molar-refractivity contribution >= 4 is 5.97 Å². The molecule has 0 spiro atoms. The molecule has 0 atom stereocenters. The second-order valence-corrected chi connectivity index (χ2v) is 5.41. The highest BCUT2D eigenvalue weighted by Crippen LogP contribution is 2.32. The second kappa shape index (κ2) is 5.89. The summed E-state index contributed by atoms with van der Waals surface area (Å²) in [5.41, 5.74) is 2.17. The van der Waals surface area contributed by atoms with Crippen LogP contribution in [-0.2, 0) is 16.6 Å². The lowest BCUT2D eigenvalue weighted by molar-refractivity contribution is -0.136. The molecule has 0 heterocycles. The maximum absolute atomic E-state index is 10.6. The topological polar surface area (TPSA) is 46.5 Å². The van der Waals surface area contributed by atoms with Crippen molar-refractivity contribution in [2.75, 3.05) is 6.61 Å². The van der Waals surface area contributed by atoms with Crippen molar-refractivity contribution in [2.24, 2.45) is 0 Å². The molecule has 18 heavy (non-hydrogen) atoms. The normalized spacial score (nSPS) is 11.3. The maximum atomic E-state index is 10.6. The summed E-state index contributed by atoms with van der Waals surface area (Å²) in [4.78, 5) is 10.6. The first-order valence-corrected chi connectivity index (χ1v) is 6.32. The molecular weight excluding hydrogens is 228 g/mol. The molecule has 1 N–H and O–H groups in total. The van der Waals surface area contributed by atoms with Gasteiger partial charge in [0.25, 0.3) is 0 Å². The molecule has 0 fully saturated rings. The molecule has 1 aromatic carbocycles.